The number of hydrogen-bond donors (Lipinski definition) is 1. The molecule has 8 nitrogen and oxygen atoms in total. The highest BCUT2D eigenvalue weighted by atomic mass is 32.1. The zero-order valence-corrected chi connectivity index (χ0v) is 17.5. The van der Waals surface area contributed by atoms with Crippen LogP contribution in [0.15, 0.2) is 33.9 Å². The number of nitrogens with zero attached hydrogens (tertiary/aromatic N) is 4. The van der Waals surface area contributed by atoms with Crippen LogP contribution in [-0.4, -0.2) is 50.9 Å². The van der Waals surface area contributed by atoms with E-state index in [1.165, 1.54) is 12.1 Å². The van der Waals surface area contributed by atoms with Crippen LogP contribution in [0.1, 0.15) is 23.5 Å². The van der Waals surface area contributed by atoms with Crippen LogP contribution >= 0.6 is 11.5 Å². The van der Waals surface area contributed by atoms with Crippen molar-refractivity contribution >= 4 is 34.2 Å². The molecule has 1 saturated heterocycles. The quantitative estimate of drug-likeness (QED) is 0.681. The van der Waals surface area contributed by atoms with Gasteiger partial charge in [0.15, 0.2) is 5.52 Å². The molecule has 0 unspecified atom stereocenters. The van der Waals surface area contributed by atoms with Crippen molar-refractivity contribution in [2.45, 2.75) is 20.4 Å². The van der Waals surface area contributed by atoms with E-state index in [-0.39, 0.29) is 40.1 Å². The third kappa shape index (κ3) is 3.74. The summed E-state index contributed by atoms with van der Waals surface area (Å²) in [5, 5.41) is 0. The number of carbonyl (C=O) groups is 1. The normalized spacial score (nSPS) is 14.7. The number of aromatic amines is 1. The van der Waals surface area contributed by atoms with Gasteiger partial charge in [0.05, 0.1) is 5.52 Å². The molecule has 1 amide bonds. The van der Waals surface area contributed by atoms with Crippen LogP contribution in [0, 0.1) is 11.7 Å². The Bertz CT molecular complexity index is 1190. The number of carbonyl (C=O) groups excluding carboxylic acids is 1. The molecule has 2 aromatic heterocycles. The van der Waals surface area contributed by atoms with Gasteiger partial charge in [-0.2, -0.15) is 4.37 Å². The second-order valence-electron chi connectivity index (χ2n) is 7.73. The summed E-state index contributed by atoms with van der Waals surface area (Å²) in [4.78, 5) is 44.8. The van der Waals surface area contributed by atoms with Crippen LogP contribution in [-0.2, 0) is 6.54 Å². The molecule has 1 aliphatic heterocycles. The molecular weight excluding hydrogens is 409 g/mol. The fraction of sp³-hybridized carbons (Fsp3) is 0.400. The molecule has 1 fully saturated rings. The van der Waals surface area contributed by atoms with E-state index in [1.807, 2.05) is 13.8 Å². The molecule has 158 valence electrons. The number of amides is 1. The number of halogens is 1. The summed E-state index contributed by atoms with van der Waals surface area (Å²) < 4.78 is 18.4. The van der Waals surface area contributed by atoms with E-state index < -0.39 is 11.2 Å². The Hall–Kier alpha value is -3.01. The first-order valence-electron chi connectivity index (χ1n) is 9.77. The zero-order chi connectivity index (χ0) is 21.4. The Morgan fingerprint density at radius 3 is 2.47 bits per heavy atom. The topological polar surface area (TPSA) is 91.3 Å². The van der Waals surface area contributed by atoms with Gasteiger partial charge in [0.1, 0.15) is 10.7 Å². The van der Waals surface area contributed by atoms with Gasteiger partial charge in [0.2, 0.25) is 0 Å². The molecule has 30 heavy (non-hydrogen) atoms. The van der Waals surface area contributed by atoms with E-state index in [0.29, 0.717) is 26.2 Å². The number of rotatable bonds is 4. The predicted molar refractivity (Wildman–Crippen MR) is 114 cm³/mol. The Morgan fingerprint density at radius 2 is 1.83 bits per heavy atom. The number of fused-ring (bicyclic) bond motifs is 1. The van der Waals surface area contributed by atoms with E-state index >= 15 is 0 Å². The minimum Gasteiger partial charge on any atom is -0.368 e. The predicted octanol–water partition coefficient (Wildman–Crippen LogP) is 1.90. The number of nitrogens with one attached hydrogen (secondary N) is 1. The Morgan fingerprint density at radius 1 is 1.17 bits per heavy atom. The molecule has 0 aliphatic carbocycles. The molecule has 3 aromatic rings. The summed E-state index contributed by atoms with van der Waals surface area (Å²) in [5.41, 5.74) is 0.228. The molecule has 0 spiro atoms. The smallest absolute Gasteiger partial charge is 0.328 e. The lowest BCUT2D eigenvalue weighted by Crippen LogP contribution is -2.48. The van der Waals surface area contributed by atoms with Gasteiger partial charge in [-0.15, -0.1) is 0 Å². The van der Waals surface area contributed by atoms with Gasteiger partial charge in [-0.25, -0.2) is 9.18 Å². The molecule has 3 heterocycles. The van der Waals surface area contributed by atoms with Gasteiger partial charge < -0.3 is 14.8 Å². The van der Waals surface area contributed by atoms with Gasteiger partial charge >= 0.3 is 5.69 Å². The molecule has 0 bridgehead atoms. The van der Waals surface area contributed by atoms with Gasteiger partial charge in [0, 0.05) is 38.4 Å². The second-order valence-corrected chi connectivity index (χ2v) is 8.50. The van der Waals surface area contributed by atoms with Gasteiger partial charge in [0.25, 0.3) is 11.5 Å². The summed E-state index contributed by atoms with van der Waals surface area (Å²) in [7, 11) is 0. The third-order valence-electron chi connectivity index (χ3n) is 5.12. The summed E-state index contributed by atoms with van der Waals surface area (Å²) in [5.74, 6) is -0.414. The van der Waals surface area contributed by atoms with Crippen molar-refractivity contribution in [3.05, 3.63) is 55.8 Å². The van der Waals surface area contributed by atoms with Gasteiger partial charge in [-0.3, -0.25) is 14.2 Å². The van der Waals surface area contributed by atoms with Crippen molar-refractivity contribution in [3.8, 4) is 0 Å². The molecule has 0 atom stereocenters. The molecule has 4 rings (SSSR count). The Labute approximate surface area is 175 Å². The van der Waals surface area contributed by atoms with Crippen molar-refractivity contribution in [2.24, 2.45) is 5.92 Å². The summed E-state index contributed by atoms with van der Waals surface area (Å²) in [6, 6.07) is 6.27. The van der Waals surface area contributed by atoms with E-state index in [0.717, 1.165) is 21.8 Å². The molecule has 1 N–H and O–H groups in total. The van der Waals surface area contributed by atoms with Gasteiger partial charge in [-0.1, -0.05) is 13.8 Å². The number of aromatic nitrogens is 3. The monoisotopic (exact) mass is 431 g/mol. The molecule has 1 aliphatic rings. The van der Waals surface area contributed by atoms with Crippen molar-refractivity contribution in [2.75, 3.05) is 31.1 Å². The standard InChI is InChI=1S/C20H22FN5O3S/c1-12(2)11-26-18(27)16-15(22-20(26)29)17(30-23-16)19(28)25-9-7-24(8-10-25)14-5-3-13(21)4-6-14/h3-6,12H,7-11H2,1-2H3,(H,22,29). The first-order valence-corrected chi connectivity index (χ1v) is 10.5. The average Bonchev–Trinajstić information content (AvgIpc) is 3.15. The van der Waals surface area contributed by atoms with E-state index in [9.17, 15) is 18.8 Å². The van der Waals surface area contributed by atoms with Crippen molar-refractivity contribution < 1.29 is 9.18 Å². The number of benzene rings is 1. The average molecular weight is 431 g/mol. The summed E-state index contributed by atoms with van der Waals surface area (Å²) in [6.45, 7) is 6.28. The number of H-pyrrole nitrogens is 1. The minimum atomic E-state index is -0.531. The van der Waals surface area contributed by atoms with Crippen LogP contribution < -0.4 is 16.1 Å². The summed E-state index contributed by atoms with van der Waals surface area (Å²) >= 11 is 0.934. The van der Waals surface area contributed by atoms with Crippen LogP contribution in [0.2, 0.25) is 0 Å². The van der Waals surface area contributed by atoms with Crippen molar-refractivity contribution in [1.82, 2.24) is 18.8 Å². The minimum absolute atomic E-state index is 0.119. The Kier molecular flexibility index (Phi) is 5.42. The van der Waals surface area contributed by atoms with Crippen molar-refractivity contribution in [1.29, 1.82) is 0 Å². The lowest BCUT2D eigenvalue weighted by Gasteiger charge is -2.35. The third-order valence-corrected chi connectivity index (χ3v) is 5.95. The second kappa shape index (κ2) is 8.02. The lowest BCUT2D eigenvalue weighted by molar-refractivity contribution is 0.0753. The molecule has 10 heteroatoms. The zero-order valence-electron chi connectivity index (χ0n) is 16.7. The summed E-state index contributed by atoms with van der Waals surface area (Å²) in [6.07, 6.45) is 0. The van der Waals surface area contributed by atoms with Gasteiger partial charge in [-0.05, 0) is 41.7 Å². The highest BCUT2D eigenvalue weighted by Gasteiger charge is 2.27. The number of piperazine rings is 1. The Balaban J connectivity index is 1.55. The fourth-order valence-electron chi connectivity index (χ4n) is 3.59. The highest BCUT2D eigenvalue weighted by molar-refractivity contribution is 7.09. The number of hydrogen-bond acceptors (Lipinski definition) is 6. The highest BCUT2D eigenvalue weighted by Crippen LogP contribution is 2.22. The maximum Gasteiger partial charge on any atom is 0.328 e. The molecule has 0 saturated carbocycles. The van der Waals surface area contributed by atoms with Crippen LogP contribution in [0.3, 0.4) is 0 Å². The SMILES string of the molecule is CC(C)Cn1c(=O)[nH]c2c(C(=O)N3CCN(c4ccc(F)cc4)CC3)snc2c1=O. The maximum atomic E-state index is 13.1. The molecule has 0 radical (unpaired) electrons. The number of anilines is 1. The molecular formula is C20H22FN5O3S. The maximum absolute atomic E-state index is 13.1. The lowest BCUT2D eigenvalue weighted by atomic mass is 10.2. The first-order chi connectivity index (χ1) is 14.3. The van der Waals surface area contributed by atoms with E-state index in [4.69, 9.17) is 0 Å². The largest absolute Gasteiger partial charge is 0.368 e. The van der Waals surface area contributed by atoms with E-state index in [1.54, 1.807) is 17.0 Å². The first kappa shape index (κ1) is 20.3. The molecule has 1 aromatic carbocycles. The van der Waals surface area contributed by atoms with Crippen LogP contribution in [0.4, 0.5) is 10.1 Å². The van der Waals surface area contributed by atoms with Crippen LogP contribution in [0.25, 0.3) is 11.0 Å². The van der Waals surface area contributed by atoms with Crippen LogP contribution in [0.5, 0.6) is 0 Å². The fourth-order valence-corrected chi connectivity index (χ4v) is 4.38. The van der Waals surface area contributed by atoms with E-state index in [2.05, 4.69) is 14.3 Å². The van der Waals surface area contributed by atoms with Crippen molar-refractivity contribution in [3.63, 3.8) is 0 Å².